The summed E-state index contributed by atoms with van der Waals surface area (Å²) in [4.78, 5) is 28.8. The Labute approximate surface area is 249 Å². The van der Waals surface area contributed by atoms with Crippen LogP contribution in [0.1, 0.15) is 22.3 Å². The fourth-order valence-corrected chi connectivity index (χ4v) is 4.55. The monoisotopic (exact) mass is 603 g/mol. The summed E-state index contributed by atoms with van der Waals surface area (Å²) in [6.45, 7) is 1.94. The van der Waals surface area contributed by atoms with Crippen molar-refractivity contribution in [3.05, 3.63) is 119 Å². The van der Waals surface area contributed by atoms with Crippen LogP contribution in [-0.2, 0) is 28.6 Å². The number of halogens is 4. The van der Waals surface area contributed by atoms with Gasteiger partial charge in [-0.15, -0.1) is 0 Å². The Morgan fingerprint density at radius 2 is 1.45 bits per heavy atom. The van der Waals surface area contributed by atoms with Gasteiger partial charge in [0.15, 0.2) is 0 Å². The summed E-state index contributed by atoms with van der Waals surface area (Å²) < 4.78 is 58.7. The second-order valence-electron chi connectivity index (χ2n) is 10.2. The molecule has 0 bridgehead atoms. The lowest BCUT2D eigenvalue weighted by Gasteiger charge is -2.15. The number of carbonyl (C=O) groups excluding carboxylic acids is 1. The van der Waals surface area contributed by atoms with Gasteiger partial charge in [-0.3, -0.25) is 4.79 Å². The molecule has 0 radical (unpaired) electrons. The molecule has 7 nitrogen and oxygen atoms in total. The van der Waals surface area contributed by atoms with E-state index in [4.69, 9.17) is 4.52 Å². The SMILES string of the molecule is Cc1ccc(-c2nc(-c3ccc(CC(NC(=O)Cc4ccc(-c5ccc(C(F)(F)F)cc5)cc4)C(=O)O)cc3F)no2)cc1. The Kier molecular flexibility index (Phi) is 8.57. The normalized spacial score (nSPS) is 12.1. The summed E-state index contributed by atoms with van der Waals surface area (Å²) >= 11 is 0. The molecule has 5 rings (SSSR count). The maximum absolute atomic E-state index is 15.0. The summed E-state index contributed by atoms with van der Waals surface area (Å²) in [5.41, 5.74) is 3.20. The third-order valence-electron chi connectivity index (χ3n) is 6.94. The molecule has 0 aliphatic carbocycles. The first-order valence-electron chi connectivity index (χ1n) is 13.4. The van der Waals surface area contributed by atoms with Gasteiger partial charge in [0.1, 0.15) is 11.9 Å². The van der Waals surface area contributed by atoms with Crippen molar-refractivity contribution in [2.45, 2.75) is 32.0 Å². The summed E-state index contributed by atoms with van der Waals surface area (Å²) in [7, 11) is 0. The van der Waals surface area contributed by atoms with Crippen molar-refractivity contribution in [1.29, 1.82) is 0 Å². The van der Waals surface area contributed by atoms with Crippen LogP contribution in [0.25, 0.3) is 34.0 Å². The number of carboxylic acids is 1. The highest BCUT2D eigenvalue weighted by atomic mass is 19.4. The third kappa shape index (κ3) is 7.17. The molecule has 1 amide bonds. The molecule has 1 aromatic heterocycles. The predicted octanol–water partition coefficient (Wildman–Crippen LogP) is 6.89. The van der Waals surface area contributed by atoms with Crippen LogP contribution in [0.5, 0.6) is 0 Å². The van der Waals surface area contributed by atoms with Crippen LogP contribution in [0, 0.1) is 12.7 Å². The Bertz CT molecular complexity index is 1780. The van der Waals surface area contributed by atoms with Gasteiger partial charge < -0.3 is 14.9 Å². The molecule has 0 fully saturated rings. The number of amides is 1. The average molecular weight is 604 g/mol. The van der Waals surface area contributed by atoms with Crippen molar-refractivity contribution in [3.8, 4) is 34.0 Å². The molecule has 44 heavy (non-hydrogen) atoms. The minimum absolute atomic E-state index is 0.0389. The van der Waals surface area contributed by atoms with E-state index in [1.807, 2.05) is 31.2 Å². The maximum Gasteiger partial charge on any atom is 0.416 e. The smallest absolute Gasteiger partial charge is 0.416 e. The van der Waals surface area contributed by atoms with Crippen LogP contribution in [0.2, 0.25) is 0 Å². The van der Waals surface area contributed by atoms with E-state index in [9.17, 15) is 27.9 Å². The molecule has 224 valence electrons. The molecule has 0 spiro atoms. The number of hydrogen-bond donors (Lipinski definition) is 2. The van der Waals surface area contributed by atoms with E-state index < -0.39 is 35.5 Å². The zero-order valence-corrected chi connectivity index (χ0v) is 23.2. The van der Waals surface area contributed by atoms with Crippen LogP contribution in [0.4, 0.5) is 17.6 Å². The number of aryl methyl sites for hydroxylation is 1. The van der Waals surface area contributed by atoms with Crippen molar-refractivity contribution >= 4 is 11.9 Å². The lowest BCUT2D eigenvalue weighted by molar-refractivity contribution is -0.141. The van der Waals surface area contributed by atoms with Gasteiger partial charge in [0, 0.05) is 12.0 Å². The van der Waals surface area contributed by atoms with Gasteiger partial charge in [0.05, 0.1) is 17.5 Å². The molecule has 1 atom stereocenters. The number of nitrogens with one attached hydrogen (secondary N) is 1. The summed E-state index contributed by atoms with van der Waals surface area (Å²) in [5.74, 6) is -2.26. The van der Waals surface area contributed by atoms with Crippen molar-refractivity contribution < 1.29 is 36.8 Å². The van der Waals surface area contributed by atoms with Crippen molar-refractivity contribution in [2.75, 3.05) is 0 Å². The zero-order valence-electron chi connectivity index (χ0n) is 23.2. The van der Waals surface area contributed by atoms with Gasteiger partial charge in [-0.1, -0.05) is 65.3 Å². The maximum atomic E-state index is 15.0. The molecule has 0 aliphatic heterocycles. The third-order valence-corrected chi connectivity index (χ3v) is 6.94. The molecular weight excluding hydrogens is 578 g/mol. The second kappa shape index (κ2) is 12.5. The first-order valence-corrected chi connectivity index (χ1v) is 13.4. The topological polar surface area (TPSA) is 105 Å². The van der Waals surface area contributed by atoms with Gasteiger partial charge >= 0.3 is 12.1 Å². The van der Waals surface area contributed by atoms with E-state index in [0.717, 1.165) is 17.7 Å². The van der Waals surface area contributed by atoms with E-state index in [1.54, 1.807) is 24.3 Å². The standard InChI is InChI=1S/C33H25F4N3O4/c1-19-2-7-24(8-3-19)31-39-30(40-44-31)26-15-6-21(16-27(26)34)17-28(32(42)43)38-29(41)18-20-4-9-22(10-5-20)23-11-13-25(14-12-23)33(35,36)37/h2-16,28H,17-18H2,1H3,(H,38,41)(H,42,43). The fraction of sp³-hybridized carbons (Fsp3) is 0.152. The summed E-state index contributed by atoms with van der Waals surface area (Å²) in [6, 6.07) is 21.5. The Balaban J connectivity index is 1.21. The fourth-order valence-electron chi connectivity index (χ4n) is 4.55. The van der Waals surface area contributed by atoms with Crippen LogP contribution >= 0.6 is 0 Å². The van der Waals surface area contributed by atoms with Crippen molar-refractivity contribution in [2.24, 2.45) is 0 Å². The molecule has 0 saturated carbocycles. The quantitative estimate of drug-likeness (QED) is 0.178. The lowest BCUT2D eigenvalue weighted by atomic mass is 10.0. The molecular formula is C33H25F4N3O4. The first-order chi connectivity index (χ1) is 21.0. The first kappa shape index (κ1) is 30.1. The predicted molar refractivity (Wildman–Crippen MR) is 154 cm³/mol. The number of nitrogens with zero attached hydrogens (tertiary/aromatic N) is 2. The van der Waals surface area contributed by atoms with Crippen LogP contribution in [0.3, 0.4) is 0 Å². The van der Waals surface area contributed by atoms with Gasteiger partial charge in [-0.25, -0.2) is 9.18 Å². The minimum Gasteiger partial charge on any atom is -0.480 e. The number of aliphatic carboxylic acids is 1. The minimum atomic E-state index is -4.43. The van der Waals surface area contributed by atoms with Gasteiger partial charge in [0.25, 0.3) is 5.89 Å². The van der Waals surface area contributed by atoms with Crippen molar-refractivity contribution in [3.63, 3.8) is 0 Å². The largest absolute Gasteiger partial charge is 0.480 e. The second-order valence-corrected chi connectivity index (χ2v) is 10.2. The highest BCUT2D eigenvalue weighted by Crippen LogP contribution is 2.31. The number of rotatable bonds is 9. The summed E-state index contributed by atoms with van der Waals surface area (Å²) in [6.07, 6.45) is -4.74. The Morgan fingerprint density at radius 1 is 0.864 bits per heavy atom. The van der Waals surface area contributed by atoms with E-state index in [-0.39, 0.29) is 30.1 Å². The van der Waals surface area contributed by atoms with Crippen molar-refractivity contribution in [1.82, 2.24) is 15.5 Å². The highest BCUT2D eigenvalue weighted by Gasteiger charge is 2.30. The zero-order chi connectivity index (χ0) is 31.4. The molecule has 0 saturated heterocycles. The molecule has 4 aromatic carbocycles. The number of benzene rings is 4. The van der Waals surface area contributed by atoms with Crippen LogP contribution in [-0.4, -0.2) is 33.2 Å². The molecule has 11 heteroatoms. The molecule has 0 aliphatic rings. The summed E-state index contributed by atoms with van der Waals surface area (Å²) in [5, 5.41) is 16.0. The van der Waals surface area contributed by atoms with E-state index in [2.05, 4.69) is 15.5 Å². The number of hydrogen-bond acceptors (Lipinski definition) is 5. The average Bonchev–Trinajstić information content (AvgIpc) is 3.47. The number of carboxylic acid groups (broad SMARTS) is 1. The van der Waals surface area contributed by atoms with Gasteiger partial charge in [-0.2, -0.15) is 18.2 Å². The highest BCUT2D eigenvalue weighted by molar-refractivity contribution is 5.85. The van der Waals surface area contributed by atoms with E-state index in [1.165, 1.54) is 30.3 Å². The van der Waals surface area contributed by atoms with E-state index >= 15 is 4.39 Å². The van der Waals surface area contributed by atoms with E-state index in [0.29, 0.717) is 27.8 Å². The van der Waals surface area contributed by atoms with Crippen LogP contribution in [0.15, 0.2) is 95.5 Å². The van der Waals surface area contributed by atoms with Gasteiger partial charge in [0.2, 0.25) is 11.7 Å². The molecule has 1 unspecified atom stereocenters. The molecule has 1 heterocycles. The molecule has 5 aromatic rings. The van der Waals surface area contributed by atoms with Gasteiger partial charge in [-0.05, 0) is 65.6 Å². The Morgan fingerprint density at radius 3 is 2.05 bits per heavy atom. The lowest BCUT2D eigenvalue weighted by Crippen LogP contribution is -2.43. The Hall–Kier alpha value is -5.32. The number of alkyl halides is 3. The molecule has 2 N–H and O–H groups in total. The number of carbonyl (C=O) groups is 2. The number of aromatic nitrogens is 2. The van der Waals surface area contributed by atoms with Crippen LogP contribution < -0.4 is 5.32 Å².